The molecule has 1 fully saturated rings. The van der Waals surface area contributed by atoms with E-state index in [4.69, 9.17) is 9.57 Å². The molecule has 1 aromatic rings. The van der Waals surface area contributed by atoms with Gasteiger partial charge >= 0.3 is 11.7 Å². The summed E-state index contributed by atoms with van der Waals surface area (Å²) in [7, 11) is 0. The molecule has 4 N–H and O–H groups in total. The number of aliphatic hydroxyl groups excluding tert-OH is 3. The molecule has 0 bridgehead atoms. The van der Waals surface area contributed by atoms with Crippen LogP contribution in [0.3, 0.4) is 0 Å². The first kappa shape index (κ1) is 33.2. The SMILES string of the molecule is CCCCCCCCCCCCCCCCCCCC(=O)ONc1ccn([C@@H]2O[C@H](CO)[C@@H](O)[C@H]2O)c(=O)n1. The van der Waals surface area contributed by atoms with E-state index in [-0.39, 0.29) is 12.2 Å². The number of anilines is 1. The molecule has 2 heterocycles. The number of nitrogens with zero attached hydrogens (tertiary/aromatic N) is 2. The highest BCUT2D eigenvalue weighted by molar-refractivity contribution is 5.70. The zero-order valence-electron chi connectivity index (χ0n) is 23.8. The van der Waals surface area contributed by atoms with Gasteiger partial charge in [0.1, 0.15) is 18.3 Å². The average molecular weight is 554 g/mol. The molecule has 0 aromatic carbocycles. The van der Waals surface area contributed by atoms with Crippen molar-refractivity contribution in [3.63, 3.8) is 0 Å². The van der Waals surface area contributed by atoms with Gasteiger partial charge in [0.15, 0.2) is 12.0 Å². The molecule has 0 amide bonds. The zero-order valence-corrected chi connectivity index (χ0v) is 23.8. The van der Waals surface area contributed by atoms with Crippen LogP contribution in [0.2, 0.25) is 0 Å². The zero-order chi connectivity index (χ0) is 28.3. The number of unbranched alkanes of at least 4 members (excludes halogenated alkanes) is 16. The van der Waals surface area contributed by atoms with E-state index in [0.29, 0.717) is 0 Å². The molecule has 1 aliphatic rings. The molecule has 0 spiro atoms. The molecule has 1 aliphatic heterocycles. The highest BCUT2D eigenvalue weighted by atomic mass is 16.7. The van der Waals surface area contributed by atoms with Gasteiger partial charge in [-0.1, -0.05) is 110 Å². The molecule has 10 heteroatoms. The Morgan fingerprint density at radius 1 is 0.897 bits per heavy atom. The van der Waals surface area contributed by atoms with Crippen LogP contribution in [0.5, 0.6) is 0 Å². The Labute approximate surface area is 233 Å². The first-order valence-electron chi connectivity index (χ1n) is 15.1. The lowest BCUT2D eigenvalue weighted by Gasteiger charge is -2.17. The third-order valence-electron chi connectivity index (χ3n) is 7.38. The van der Waals surface area contributed by atoms with E-state index in [1.165, 1.54) is 102 Å². The van der Waals surface area contributed by atoms with Gasteiger partial charge in [0.2, 0.25) is 0 Å². The largest absolute Gasteiger partial charge is 0.394 e. The lowest BCUT2D eigenvalue weighted by molar-refractivity contribution is -0.140. The smallest absolute Gasteiger partial charge is 0.351 e. The first-order valence-corrected chi connectivity index (χ1v) is 15.1. The van der Waals surface area contributed by atoms with Gasteiger partial charge in [-0.15, -0.1) is 0 Å². The van der Waals surface area contributed by atoms with Gasteiger partial charge in [-0.2, -0.15) is 4.98 Å². The minimum atomic E-state index is -1.39. The van der Waals surface area contributed by atoms with E-state index in [9.17, 15) is 24.9 Å². The number of ether oxygens (including phenoxy) is 1. The van der Waals surface area contributed by atoms with Crippen molar-refractivity contribution in [1.82, 2.24) is 9.55 Å². The van der Waals surface area contributed by atoms with E-state index >= 15 is 0 Å². The molecule has 10 nitrogen and oxygen atoms in total. The minimum Gasteiger partial charge on any atom is -0.394 e. The fourth-order valence-electron chi connectivity index (χ4n) is 4.93. The van der Waals surface area contributed by atoms with Gasteiger partial charge in [0.25, 0.3) is 0 Å². The Kier molecular flexibility index (Phi) is 17.0. The quantitative estimate of drug-likeness (QED) is 0.118. The number of aromatic nitrogens is 2. The lowest BCUT2D eigenvalue weighted by Crippen LogP contribution is -2.36. The third-order valence-corrected chi connectivity index (χ3v) is 7.38. The fourth-order valence-corrected chi connectivity index (χ4v) is 4.93. The second kappa shape index (κ2) is 20.0. The summed E-state index contributed by atoms with van der Waals surface area (Å²) in [5, 5.41) is 29.1. The number of hydrogen-bond donors (Lipinski definition) is 4. The summed E-state index contributed by atoms with van der Waals surface area (Å²) in [5.74, 6) is -0.385. The van der Waals surface area contributed by atoms with Crippen molar-refractivity contribution in [3.8, 4) is 0 Å². The minimum absolute atomic E-state index is 0.0405. The Morgan fingerprint density at radius 3 is 1.87 bits per heavy atom. The molecule has 0 radical (unpaired) electrons. The highest BCUT2D eigenvalue weighted by Crippen LogP contribution is 2.28. The average Bonchev–Trinajstić information content (AvgIpc) is 3.22. The van der Waals surface area contributed by atoms with Crippen LogP contribution in [0.4, 0.5) is 5.82 Å². The van der Waals surface area contributed by atoms with Gasteiger partial charge in [-0.3, -0.25) is 4.57 Å². The van der Waals surface area contributed by atoms with E-state index < -0.39 is 42.8 Å². The van der Waals surface area contributed by atoms with Gasteiger partial charge in [-0.25, -0.2) is 15.1 Å². The maximum Gasteiger partial charge on any atom is 0.351 e. The maximum absolute atomic E-state index is 12.3. The Hall–Kier alpha value is -2.01. The number of rotatable bonds is 22. The third kappa shape index (κ3) is 12.8. The summed E-state index contributed by atoms with van der Waals surface area (Å²) in [6.07, 6.45) is 18.4. The first-order chi connectivity index (χ1) is 19.0. The summed E-state index contributed by atoms with van der Waals surface area (Å²) in [6, 6.07) is 1.39. The molecule has 0 saturated carbocycles. The van der Waals surface area contributed by atoms with Crippen LogP contribution in [-0.2, 0) is 14.4 Å². The summed E-state index contributed by atoms with van der Waals surface area (Å²) in [4.78, 5) is 33.0. The van der Waals surface area contributed by atoms with Crippen LogP contribution in [-0.4, -0.2) is 55.8 Å². The predicted octanol–water partition coefficient (Wildman–Crippen LogP) is 4.77. The van der Waals surface area contributed by atoms with Crippen LogP contribution < -0.4 is 11.2 Å². The molecule has 224 valence electrons. The summed E-state index contributed by atoms with van der Waals surface area (Å²) in [6.45, 7) is 1.77. The van der Waals surface area contributed by atoms with Crippen molar-refractivity contribution < 1.29 is 29.7 Å². The number of carbonyl (C=O) groups is 1. The van der Waals surface area contributed by atoms with Gasteiger partial charge in [0, 0.05) is 18.7 Å². The van der Waals surface area contributed by atoms with Crippen molar-refractivity contribution >= 4 is 11.8 Å². The predicted molar refractivity (Wildman–Crippen MR) is 150 cm³/mol. The van der Waals surface area contributed by atoms with Crippen LogP contribution in [0.1, 0.15) is 129 Å². The molecule has 4 atom stereocenters. The second-order valence-electron chi connectivity index (χ2n) is 10.7. The Balaban J connectivity index is 1.45. The van der Waals surface area contributed by atoms with Crippen LogP contribution in [0, 0.1) is 0 Å². The monoisotopic (exact) mass is 553 g/mol. The fraction of sp³-hybridized carbons (Fsp3) is 0.828. The van der Waals surface area contributed by atoms with E-state index in [2.05, 4.69) is 17.4 Å². The van der Waals surface area contributed by atoms with Crippen LogP contribution >= 0.6 is 0 Å². The summed E-state index contributed by atoms with van der Waals surface area (Å²) < 4.78 is 6.34. The number of hydrogen-bond acceptors (Lipinski definition) is 9. The van der Waals surface area contributed by atoms with Gasteiger partial charge in [-0.05, 0) is 6.42 Å². The van der Waals surface area contributed by atoms with E-state index in [1.807, 2.05) is 0 Å². The van der Waals surface area contributed by atoms with Gasteiger partial charge in [0.05, 0.1) is 6.61 Å². The van der Waals surface area contributed by atoms with Crippen LogP contribution in [0.25, 0.3) is 0 Å². The van der Waals surface area contributed by atoms with Gasteiger partial charge < -0.3 is 24.9 Å². The Morgan fingerprint density at radius 2 is 1.41 bits per heavy atom. The molecular weight excluding hydrogens is 502 g/mol. The molecule has 0 aliphatic carbocycles. The number of aliphatic hydroxyl groups is 3. The molecule has 39 heavy (non-hydrogen) atoms. The Bertz CT molecular complexity index is 850. The van der Waals surface area contributed by atoms with Crippen molar-refractivity contribution in [1.29, 1.82) is 0 Å². The molecule has 1 saturated heterocycles. The van der Waals surface area contributed by atoms with E-state index in [1.54, 1.807) is 0 Å². The highest BCUT2D eigenvalue weighted by Gasteiger charge is 2.43. The summed E-state index contributed by atoms with van der Waals surface area (Å²) >= 11 is 0. The lowest BCUT2D eigenvalue weighted by atomic mass is 10.0. The van der Waals surface area contributed by atoms with E-state index in [0.717, 1.165) is 23.8 Å². The second-order valence-corrected chi connectivity index (χ2v) is 10.7. The van der Waals surface area contributed by atoms with Crippen LogP contribution in [0.15, 0.2) is 17.1 Å². The number of nitrogens with one attached hydrogen (secondary N) is 1. The molecule has 0 unspecified atom stereocenters. The van der Waals surface area contributed by atoms with Crippen molar-refractivity contribution in [3.05, 3.63) is 22.7 Å². The number of carbonyl (C=O) groups excluding carboxylic acids is 1. The summed E-state index contributed by atoms with van der Waals surface area (Å²) in [5.41, 5.74) is 1.62. The van der Waals surface area contributed by atoms with Crippen molar-refractivity contribution in [2.45, 2.75) is 147 Å². The van der Waals surface area contributed by atoms with Crippen molar-refractivity contribution in [2.75, 3.05) is 12.1 Å². The standard InChI is InChI=1S/C29H51N3O7/c1-2-3-4-5-6-7-8-9-10-11-12-13-14-15-16-17-18-19-25(34)39-31-24-20-21-32(29(37)30-24)28-27(36)26(35)23(22-33)38-28/h20-21,23,26-28,33,35-36H,2-19,22H2,1H3,(H,30,31,37)/t23-,26-,27-,28-/m1/s1. The van der Waals surface area contributed by atoms with Crippen molar-refractivity contribution in [2.24, 2.45) is 0 Å². The molecule has 2 rings (SSSR count). The molecular formula is C29H51N3O7. The maximum atomic E-state index is 12.3. The molecule has 1 aromatic heterocycles. The normalized spacial score (nSPS) is 20.8. The topological polar surface area (TPSA) is 143 Å².